The maximum absolute atomic E-state index is 12.8. The number of esters is 1. The molecule has 16 nitrogen and oxygen atoms in total. The number of nitrogens with one attached hydrogen (secondary N) is 2. The van der Waals surface area contributed by atoms with E-state index in [1.165, 1.54) is 12.1 Å². The van der Waals surface area contributed by atoms with Crippen molar-refractivity contribution in [1.29, 1.82) is 0 Å². The Labute approximate surface area is 283 Å². The van der Waals surface area contributed by atoms with Crippen molar-refractivity contribution in [3.8, 4) is 5.75 Å². The molecular weight excluding hydrogens is 646 g/mol. The minimum Gasteiger partial charge on any atom is -0.460 e. The van der Waals surface area contributed by atoms with Gasteiger partial charge in [-0.2, -0.15) is 0 Å². The molecule has 4 amide bonds. The van der Waals surface area contributed by atoms with E-state index in [9.17, 15) is 44.1 Å². The highest BCUT2D eigenvalue weighted by Crippen LogP contribution is 2.30. The standard InChI is InChI=1S/C33H45N3O13/c1-33(2,3)32(45)48-18-20-6-7-24(49-31-30(44)29(43)23(38)19-47-31)22(17-20)35-26(40)10-13-34-25(39)12-16-46-15-4-5-21(37)11-14-36-27(41)8-9-28(36)42/h6-9,17,23,29-31,38,43-44H,4-5,10-16,18-19H2,1-3H3,(H,34,39)(H,35,40)/t23-,29+,30-,31+/m1/s1. The number of Topliss-reactive ketones (excluding diaryl/α,β-unsaturated/α-hetero) is 1. The maximum Gasteiger partial charge on any atom is 0.311 e. The van der Waals surface area contributed by atoms with Crippen molar-refractivity contribution in [2.24, 2.45) is 5.41 Å². The molecule has 0 unspecified atom stereocenters. The Morgan fingerprint density at radius 1 is 0.939 bits per heavy atom. The van der Waals surface area contributed by atoms with Crippen LogP contribution in [0, 0.1) is 5.41 Å². The van der Waals surface area contributed by atoms with Gasteiger partial charge in [0.1, 0.15) is 36.5 Å². The number of anilines is 1. The summed E-state index contributed by atoms with van der Waals surface area (Å²) in [5, 5.41) is 35.3. The van der Waals surface area contributed by atoms with Gasteiger partial charge in [0.2, 0.25) is 18.1 Å². The summed E-state index contributed by atoms with van der Waals surface area (Å²) >= 11 is 0. The lowest BCUT2D eigenvalue weighted by molar-refractivity contribution is -0.241. The summed E-state index contributed by atoms with van der Waals surface area (Å²) in [7, 11) is 0. The number of aliphatic hydroxyl groups excluding tert-OH is 3. The molecule has 1 saturated heterocycles. The van der Waals surface area contributed by atoms with Gasteiger partial charge in [0, 0.05) is 57.5 Å². The van der Waals surface area contributed by atoms with Crippen LogP contribution in [0.25, 0.3) is 0 Å². The molecule has 0 saturated carbocycles. The van der Waals surface area contributed by atoms with Crippen LogP contribution in [0.1, 0.15) is 58.4 Å². The molecule has 0 spiro atoms. The van der Waals surface area contributed by atoms with Crippen LogP contribution in [0.5, 0.6) is 5.75 Å². The van der Waals surface area contributed by atoms with Crippen LogP contribution in [0.15, 0.2) is 30.4 Å². The van der Waals surface area contributed by atoms with E-state index in [1.54, 1.807) is 26.8 Å². The van der Waals surface area contributed by atoms with Gasteiger partial charge in [-0.3, -0.25) is 33.7 Å². The number of rotatable bonds is 18. The second-order valence-electron chi connectivity index (χ2n) is 12.6. The summed E-state index contributed by atoms with van der Waals surface area (Å²) < 4.78 is 21.8. The van der Waals surface area contributed by atoms with E-state index in [1.807, 2.05) is 0 Å². The molecule has 3 rings (SSSR count). The smallest absolute Gasteiger partial charge is 0.311 e. The van der Waals surface area contributed by atoms with E-state index in [-0.39, 0.29) is 88.3 Å². The van der Waals surface area contributed by atoms with E-state index < -0.39 is 53.7 Å². The van der Waals surface area contributed by atoms with Crippen molar-refractivity contribution in [3.05, 3.63) is 35.9 Å². The highest BCUT2D eigenvalue weighted by molar-refractivity contribution is 6.13. The third-order valence-corrected chi connectivity index (χ3v) is 7.40. The van der Waals surface area contributed by atoms with Crippen LogP contribution in [0.2, 0.25) is 0 Å². The predicted molar refractivity (Wildman–Crippen MR) is 170 cm³/mol. The van der Waals surface area contributed by atoms with Crippen molar-refractivity contribution in [2.75, 3.05) is 38.2 Å². The predicted octanol–water partition coefficient (Wildman–Crippen LogP) is 0.110. The van der Waals surface area contributed by atoms with Gasteiger partial charge in [-0.25, -0.2) is 0 Å². The van der Waals surface area contributed by atoms with Crippen molar-refractivity contribution >= 4 is 41.1 Å². The Morgan fingerprint density at radius 3 is 2.35 bits per heavy atom. The fourth-order valence-corrected chi connectivity index (χ4v) is 4.51. The average Bonchev–Trinajstić information content (AvgIpc) is 3.37. The number of nitrogens with zero attached hydrogens (tertiary/aromatic N) is 1. The highest BCUT2D eigenvalue weighted by Gasteiger charge is 2.39. The number of carbonyl (C=O) groups is 6. The largest absolute Gasteiger partial charge is 0.460 e. The zero-order valence-corrected chi connectivity index (χ0v) is 27.8. The summed E-state index contributed by atoms with van der Waals surface area (Å²) in [5.41, 5.74) is -0.0541. The first-order valence-electron chi connectivity index (χ1n) is 16.0. The van der Waals surface area contributed by atoms with Gasteiger partial charge in [0.25, 0.3) is 11.8 Å². The highest BCUT2D eigenvalue weighted by atomic mass is 16.7. The van der Waals surface area contributed by atoms with Crippen LogP contribution in [0.3, 0.4) is 0 Å². The van der Waals surface area contributed by atoms with Gasteiger partial charge in [-0.15, -0.1) is 0 Å². The van der Waals surface area contributed by atoms with E-state index >= 15 is 0 Å². The molecule has 0 aromatic heterocycles. The van der Waals surface area contributed by atoms with Crippen molar-refractivity contribution in [3.63, 3.8) is 0 Å². The molecule has 49 heavy (non-hydrogen) atoms. The Hall–Kier alpha value is -4.22. The number of hydrogen-bond donors (Lipinski definition) is 5. The van der Waals surface area contributed by atoms with Gasteiger partial charge < -0.3 is 44.9 Å². The lowest BCUT2D eigenvalue weighted by Gasteiger charge is -2.35. The fraction of sp³-hybridized carbons (Fsp3) is 0.576. The van der Waals surface area contributed by atoms with Gasteiger partial charge in [-0.05, 0) is 44.9 Å². The zero-order valence-electron chi connectivity index (χ0n) is 27.8. The average molecular weight is 692 g/mol. The molecule has 16 heteroatoms. The SMILES string of the molecule is CC(C)(C)C(=O)OCc1ccc(O[C@@H]2OC[C@@H](O)[C@H](O)[C@H]2O)c(NC(=O)CCNC(=O)CCOCCCC(=O)CCN2C(=O)C=CC2=O)c1. The van der Waals surface area contributed by atoms with Crippen LogP contribution in [-0.4, -0.2) is 113 Å². The Bertz CT molecular complexity index is 1370. The van der Waals surface area contributed by atoms with Crippen LogP contribution in [0.4, 0.5) is 5.69 Å². The lowest BCUT2D eigenvalue weighted by Crippen LogP contribution is -2.54. The van der Waals surface area contributed by atoms with E-state index in [2.05, 4.69) is 10.6 Å². The number of amides is 4. The van der Waals surface area contributed by atoms with Crippen LogP contribution < -0.4 is 15.4 Å². The summed E-state index contributed by atoms with van der Waals surface area (Å²) in [6.07, 6.45) is -2.81. The normalized spacial score (nSPS) is 20.7. The Morgan fingerprint density at radius 2 is 1.65 bits per heavy atom. The van der Waals surface area contributed by atoms with Gasteiger partial charge in [0.05, 0.1) is 24.3 Å². The molecule has 0 aliphatic carbocycles. The molecule has 2 aliphatic rings. The third kappa shape index (κ3) is 12.6. The topological polar surface area (TPSA) is 227 Å². The van der Waals surface area contributed by atoms with Gasteiger partial charge in [0.15, 0.2) is 0 Å². The van der Waals surface area contributed by atoms with Crippen molar-refractivity contribution in [1.82, 2.24) is 10.2 Å². The summed E-state index contributed by atoms with van der Waals surface area (Å²) in [5.74, 6) is -2.18. The first-order chi connectivity index (χ1) is 23.1. The lowest BCUT2D eigenvalue weighted by atomic mass is 9.97. The monoisotopic (exact) mass is 691 g/mol. The molecule has 1 aromatic carbocycles. The van der Waals surface area contributed by atoms with E-state index in [0.29, 0.717) is 12.0 Å². The second-order valence-corrected chi connectivity index (χ2v) is 12.6. The molecular formula is C33H45N3O13. The number of hydrogen-bond acceptors (Lipinski definition) is 13. The quantitative estimate of drug-likeness (QED) is 0.0784. The first kappa shape index (κ1) is 39.2. The number of ether oxygens (including phenoxy) is 4. The van der Waals surface area contributed by atoms with Crippen LogP contribution >= 0.6 is 0 Å². The summed E-state index contributed by atoms with van der Waals surface area (Å²) in [6.45, 7) is 5.13. The van der Waals surface area contributed by atoms with E-state index in [4.69, 9.17) is 18.9 Å². The zero-order chi connectivity index (χ0) is 36.1. The number of imide groups is 1. The number of aliphatic hydroxyl groups is 3. The second kappa shape index (κ2) is 18.5. The Balaban J connectivity index is 1.40. The van der Waals surface area contributed by atoms with E-state index in [0.717, 1.165) is 17.1 Å². The number of benzene rings is 1. The van der Waals surface area contributed by atoms with Gasteiger partial charge >= 0.3 is 5.97 Å². The fourth-order valence-electron chi connectivity index (χ4n) is 4.51. The molecule has 4 atom stereocenters. The molecule has 1 fully saturated rings. The first-order valence-corrected chi connectivity index (χ1v) is 16.0. The number of ketones is 1. The number of carbonyl (C=O) groups excluding carboxylic acids is 6. The molecule has 0 radical (unpaired) electrons. The molecule has 270 valence electrons. The minimum absolute atomic E-state index is 0.00429. The van der Waals surface area contributed by atoms with Crippen molar-refractivity contribution in [2.45, 2.75) is 84.1 Å². The van der Waals surface area contributed by atoms with Crippen LogP contribution in [-0.2, 0) is 49.6 Å². The Kier molecular flexibility index (Phi) is 14.8. The third-order valence-electron chi connectivity index (χ3n) is 7.40. The van der Waals surface area contributed by atoms with Gasteiger partial charge in [-0.1, -0.05) is 6.07 Å². The summed E-state index contributed by atoms with van der Waals surface area (Å²) in [4.78, 5) is 73.3. The molecule has 1 aromatic rings. The molecule has 2 heterocycles. The van der Waals surface area contributed by atoms with Crippen molar-refractivity contribution < 1.29 is 63.0 Å². The summed E-state index contributed by atoms with van der Waals surface area (Å²) in [6, 6.07) is 4.57. The minimum atomic E-state index is -1.58. The molecule has 5 N–H and O–H groups in total. The molecule has 0 bridgehead atoms. The molecule has 2 aliphatic heterocycles. The maximum atomic E-state index is 12.8.